The van der Waals surface area contributed by atoms with Gasteiger partial charge in [0.1, 0.15) is 17.1 Å². The summed E-state index contributed by atoms with van der Waals surface area (Å²) in [6.45, 7) is 7.43. The largest absolute Gasteiger partial charge is 0.507 e. The number of unbranched alkanes of at least 4 members (excludes halogenated alkanes) is 2. The summed E-state index contributed by atoms with van der Waals surface area (Å²) in [6, 6.07) is 9.05. The number of hydrogen-bond donors (Lipinski definition) is 2. The molecule has 0 saturated carbocycles. The van der Waals surface area contributed by atoms with Gasteiger partial charge >= 0.3 is 0 Å². The highest BCUT2D eigenvalue weighted by atomic mass is 16.5. The summed E-state index contributed by atoms with van der Waals surface area (Å²) in [4.78, 5) is 15.2. The second kappa shape index (κ2) is 11.0. The van der Waals surface area contributed by atoms with E-state index in [0.717, 1.165) is 41.5 Å². The van der Waals surface area contributed by atoms with Crippen LogP contribution in [0.1, 0.15) is 65.0 Å². The zero-order valence-electron chi connectivity index (χ0n) is 21.7. The molecule has 0 bridgehead atoms. The first-order valence-corrected chi connectivity index (χ1v) is 12.4. The number of carbonyl (C=O) groups is 1. The number of phenolic OH excluding ortho intramolecular Hbond substituents is 1. The predicted octanol–water partition coefficient (Wildman–Crippen LogP) is 5.17. The van der Waals surface area contributed by atoms with Crippen LogP contribution in [0, 0.1) is 13.8 Å². The van der Waals surface area contributed by atoms with E-state index in [2.05, 4.69) is 17.1 Å². The second-order valence-electron chi connectivity index (χ2n) is 9.20. The van der Waals surface area contributed by atoms with E-state index < -0.39 is 6.04 Å². The maximum absolute atomic E-state index is 13.5. The zero-order valence-corrected chi connectivity index (χ0v) is 21.7. The van der Waals surface area contributed by atoms with Crippen LogP contribution >= 0.6 is 0 Å². The molecular weight excluding hydrogens is 458 g/mol. The number of ether oxygens (including phenoxy) is 3. The van der Waals surface area contributed by atoms with Crippen LogP contribution in [-0.4, -0.2) is 60.1 Å². The minimum Gasteiger partial charge on any atom is -0.507 e. The molecule has 1 amide bonds. The average Bonchev–Trinajstić information content (AvgIpc) is 3.38. The lowest BCUT2D eigenvalue weighted by molar-refractivity contribution is 0.0677. The van der Waals surface area contributed by atoms with Crippen LogP contribution in [0.5, 0.6) is 17.2 Å². The van der Waals surface area contributed by atoms with Gasteiger partial charge in [0.25, 0.3) is 5.91 Å². The van der Waals surface area contributed by atoms with Crippen molar-refractivity contribution in [3.8, 4) is 28.5 Å². The van der Waals surface area contributed by atoms with Gasteiger partial charge in [-0.3, -0.25) is 9.89 Å². The van der Waals surface area contributed by atoms with E-state index in [1.54, 1.807) is 25.2 Å². The molecule has 3 aromatic rings. The molecule has 1 aromatic heterocycles. The van der Waals surface area contributed by atoms with Crippen molar-refractivity contribution in [3.63, 3.8) is 0 Å². The standard InChI is InChI=1S/C28H35N3O5/c1-6-7-8-12-36-21-10-9-19(16-22(21)35-5)27-24-25(23-18(3)14-17(2)15-20(23)32)29-30-26(24)28(33)31(27)11-13-34-4/h9-10,14-16,27,32H,6-8,11-13H2,1-5H3,(H,29,30). The van der Waals surface area contributed by atoms with Crippen molar-refractivity contribution in [2.24, 2.45) is 0 Å². The number of aryl methyl sites for hydroxylation is 2. The van der Waals surface area contributed by atoms with Crippen molar-refractivity contribution in [3.05, 3.63) is 58.3 Å². The Labute approximate surface area is 212 Å². The fraction of sp³-hybridized carbons (Fsp3) is 0.429. The molecule has 4 rings (SSSR count). The van der Waals surface area contributed by atoms with Crippen molar-refractivity contribution >= 4 is 5.91 Å². The Morgan fingerprint density at radius 2 is 1.89 bits per heavy atom. The van der Waals surface area contributed by atoms with E-state index in [9.17, 15) is 9.90 Å². The van der Waals surface area contributed by atoms with Gasteiger partial charge in [0.05, 0.1) is 26.4 Å². The van der Waals surface area contributed by atoms with Crippen molar-refractivity contribution in [1.29, 1.82) is 0 Å². The maximum atomic E-state index is 13.5. The number of H-pyrrole nitrogens is 1. The Morgan fingerprint density at radius 1 is 1.08 bits per heavy atom. The van der Waals surface area contributed by atoms with Crippen molar-refractivity contribution in [2.75, 3.05) is 34.0 Å². The molecule has 1 atom stereocenters. The summed E-state index contributed by atoms with van der Waals surface area (Å²) in [5, 5.41) is 18.3. The highest BCUT2D eigenvalue weighted by Gasteiger charge is 2.42. The Balaban J connectivity index is 1.80. The zero-order chi connectivity index (χ0) is 25.8. The molecule has 192 valence electrons. The molecule has 8 heteroatoms. The minimum absolute atomic E-state index is 0.136. The number of methoxy groups -OCH3 is 2. The molecule has 36 heavy (non-hydrogen) atoms. The third kappa shape index (κ3) is 4.78. The van der Waals surface area contributed by atoms with Gasteiger partial charge < -0.3 is 24.2 Å². The molecule has 8 nitrogen and oxygen atoms in total. The summed E-state index contributed by atoms with van der Waals surface area (Å²) >= 11 is 0. The van der Waals surface area contributed by atoms with Gasteiger partial charge in [0, 0.05) is 24.8 Å². The van der Waals surface area contributed by atoms with Crippen LogP contribution < -0.4 is 9.47 Å². The van der Waals surface area contributed by atoms with Crippen LogP contribution in [0.4, 0.5) is 0 Å². The first-order chi connectivity index (χ1) is 17.4. The monoisotopic (exact) mass is 493 g/mol. The lowest BCUT2D eigenvalue weighted by Gasteiger charge is -2.27. The molecule has 2 heterocycles. The van der Waals surface area contributed by atoms with E-state index in [4.69, 9.17) is 14.2 Å². The quantitative estimate of drug-likeness (QED) is 0.358. The Hall–Kier alpha value is -3.52. The number of aromatic hydroxyl groups is 1. The lowest BCUT2D eigenvalue weighted by Crippen LogP contribution is -2.32. The predicted molar refractivity (Wildman–Crippen MR) is 138 cm³/mol. The van der Waals surface area contributed by atoms with Gasteiger partial charge in [-0.2, -0.15) is 5.10 Å². The molecule has 1 aliphatic rings. The lowest BCUT2D eigenvalue weighted by atomic mass is 9.93. The van der Waals surface area contributed by atoms with E-state index in [1.807, 2.05) is 38.1 Å². The van der Waals surface area contributed by atoms with E-state index in [-0.39, 0.29) is 11.7 Å². The number of rotatable bonds is 11. The van der Waals surface area contributed by atoms with Crippen LogP contribution in [0.25, 0.3) is 11.3 Å². The number of nitrogens with one attached hydrogen (secondary N) is 1. The van der Waals surface area contributed by atoms with Gasteiger partial charge in [-0.15, -0.1) is 0 Å². The molecule has 0 saturated heterocycles. The fourth-order valence-corrected chi connectivity index (χ4v) is 4.91. The Morgan fingerprint density at radius 3 is 2.58 bits per heavy atom. The second-order valence-corrected chi connectivity index (χ2v) is 9.20. The number of phenols is 1. The molecule has 0 aliphatic carbocycles. The number of hydrogen-bond acceptors (Lipinski definition) is 6. The molecule has 1 unspecified atom stereocenters. The van der Waals surface area contributed by atoms with Gasteiger partial charge in [-0.1, -0.05) is 31.9 Å². The molecule has 2 N–H and O–H groups in total. The molecule has 2 aromatic carbocycles. The van der Waals surface area contributed by atoms with Crippen LogP contribution in [0.15, 0.2) is 30.3 Å². The average molecular weight is 494 g/mol. The number of carbonyl (C=O) groups excluding carboxylic acids is 1. The SMILES string of the molecule is CCCCCOc1ccc(C2c3c(-c4c(C)cc(C)cc4O)n[nH]c3C(=O)N2CCOC)cc1OC. The number of benzene rings is 2. The summed E-state index contributed by atoms with van der Waals surface area (Å²) in [6.07, 6.45) is 3.21. The van der Waals surface area contributed by atoms with Crippen LogP contribution in [-0.2, 0) is 4.74 Å². The van der Waals surface area contributed by atoms with Crippen LogP contribution in [0.2, 0.25) is 0 Å². The van der Waals surface area contributed by atoms with Gasteiger partial charge in [0.15, 0.2) is 11.5 Å². The highest BCUT2D eigenvalue weighted by Crippen LogP contribution is 2.46. The van der Waals surface area contributed by atoms with E-state index in [1.165, 1.54) is 0 Å². The van der Waals surface area contributed by atoms with Gasteiger partial charge in [-0.25, -0.2) is 0 Å². The fourth-order valence-electron chi connectivity index (χ4n) is 4.91. The topological polar surface area (TPSA) is 96.9 Å². The van der Waals surface area contributed by atoms with Gasteiger partial charge in [-0.05, 0) is 55.2 Å². The summed E-state index contributed by atoms with van der Waals surface area (Å²) in [5.74, 6) is 1.26. The number of aromatic amines is 1. The van der Waals surface area contributed by atoms with Crippen molar-refractivity contribution in [2.45, 2.75) is 46.1 Å². The number of nitrogens with zero attached hydrogens (tertiary/aromatic N) is 2. The van der Waals surface area contributed by atoms with Crippen molar-refractivity contribution < 1.29 is 24.1 Å². The molecule has 1 aliphatic heterocycles. The van der Waals surface area contributed by atoms with Crippen LogP contribution in [0.3, 0.4) is 0 Å². The summed E-state index contributed by atoms with van der Waals surface area (Å²) in [7, 11) is 3.23. The first-order valence-electron chi connectivity index (χ1n) is 12.4. The summed E-state index contributed by atoms with van der Waals surface area (Å²) in [5.41, 5.74) is 5.04. The molecule has 0 spiro atoms. The highest BCUT2D eigenvalue weighted by molar-refractivity contribution is 6.00. The van der Waals surface area contributed by atoms with E-state index >= 15 is 0 Å². The number of aromatic nitrogens is 2. The minimum atomic E-state index is -0.431. The number of fused-ring (bicyclic) bond motifs is 1. The summed E-state index contributed by atoms with van der Waals surface area (Å²) < 4.78 is 16.9. The van der Waals surface area contributed by atoms with E-state index in [0.29, 0.717) is 48.2 Å². The van der Waals surface area contributed by atoms with Gasteiger partial charge in [0.2, 0.25) is 0 Å². The third-order valence-electron chi connectivity index (χ3n) is 6.60. The first kappa shape index (κ1) is 25.6. The molecule has 0 radical (unpaired) electrons. The smallest absolute Gasteiger partial charge is 0.273 e. The maximum Gasteiger partial charge on any atom is 0.273 e. The molecular formula is C28H35N3O5. The number of amides is 1. The Bertz CT molecular complexity index is 1210. The molecule has 0 fully saturated rings. The Kier molecular flexibility index (Phi) is 7.84. The third-order valence-corrected chi connectivity index (χ3v) is 6.60. The van der Waals surface area contributed by atoms with Crippen molar-refractivity contribution in [1.82, 2.24) is 15.1 Å². The normalized spacial score (nSPS) is 14.9.